The Balaban J connectivity index is 2.05. The fourth-order valence-corrected chi connectivity index (χ4v) is 1.81. The number of hydrogen-bond donors (Lipinski definition) is 1. The molecule has 3 nitrogen and oxygen atoms in total. The Labute approximate surface area is 96.9 Å². The number of benzene rings is 1. The van der Waals surface area contributed by atoms with E-state index in [0.717, 1.165) is 0 Å². The molecule has 16 heavy (non-hydrogen) atoms. The number of carbonyl (C=O) groups excluding carboxylic acids is 1. The lowest BCUT2D eigenvalue weighted by molar-refractivity contribution is -0.144. The van der Waals surface area contributed by atoms with Gasteiger partial charge >= 0.3 is 5.97 Å². The summed E-state index contributed by atoms with van der Waals surface area (Å²) in [6.07, 6.45) is -1.24. The molecule has 4 heteroatoms. The molecule has 1 heterocycles. The zero-order valence-corrected chi connectivity index (χ0v) is 9.18. The molecular formula is C12H10O3S. The SMILES string of the molecule is O=C(Oc1ccsc1)[C@H](O)c1ccccc1. The van der Waals surface area contributed by atoms with Gasteiger partial charge in [0.1, 0.15) is 5.75 Å². The molecule has 2 rings (SSSR count). The lowest BCUT2D eigenvalue weighted by Gasteiger charge is -2.09. The maximum absolute atomic E-state index is 11.5. The third kappa shape index (κ3) is 2.48. The summed E-state index contributed by atoms with van der Waals surface area (Å²) in [5.41, 5.74) is 0.530. The first-order valence-electron chi connectivity index (χ1n) is 4.74. The minimum absolute atomic E-state index is 0.463. The number of hydrogen-bond acceptors (Lipinski definition) is 4. The first-order valence-corrected chi connectivity index (χ1v) is 5.68. The predicted octanol–water partition coefficient (Wildman–Crippen LogP) is 2.39. The first-order chi connectivity index (χ1) is 7.77. The van der Waals surface area contributed by atoms with E-state index in [1.54, 1.807) is 41.1 Å². The van der Waals surface area contributed by atoms with Gasteiger partial charge in [-0.25, -0.2) is 4.79 Å². The summed E-state index contributed by atoms with van der Waals surface area (Å²) in [5.74, 6) is -0.199. The van der Waals surface area contributed by atoms with Gasteiger partial charge in [0.15, 0.2) is 6.10 Å². The topological polar surface area (TPSA) is 46.5 Å². The lowest BCUT2D eigenvalue weighted by atomic mass is 10.1. The minimum atomic E-state index is -1.24. The van der Waals surface area contributed by atoms with Crippen LogP contribution in [0.15, 0.2) is 47.2 Å². The van der Waals surface area contributed by atoms with E-state index < -0.39 is 12.1 Å². The molecule has 0 saturated heterocycles. The molecule has 0 spiro atoms. The van der Waals surface area contributed by atoms with Crippen molar-refractivity contribution in [3.8, 4) is 5.75 Å². The second-order valence-electron chi connectivity index (χ2n) is 3.19. The maximum Gasteiger partial charge on any atom is 0.345 e. The van der Waals surface area contributed by atoms with Gasteiger partial charge < -0.3 is 9.84 Å². The number of carbonyl (C=O) groups is 1. The van der Waals surface area contributed by atoms with Gasteiger partial charge in [-0.05, 0) is 17.0 Å². The Morgan fingerprint density at radius 2 is 2.00 bits per heavy atom. The lowest BCUT2D eigenvalue weighted by Crippen LogP contribution is -2.17. The summed E-state index contributed by atoms with van der Waals surface area (Å²) < 4.78 is 4.99. The van der Waals surface area contributed by atoms with Crippen LogP contribution in [0.4, 0.5) is 0 Å². The third-order valence-electron chi connectivity index (χ3n) is 2.05. The summed E-state index contributed by atoms with van der Waals surface area (Å²) in [5, 5.41) is 13.2. The van der Waals surface area contributed by atoms with Gasteiger partial charge in [0.2, 0.25) is 0 Å². The molecule has 0 aliphatic heterocycles. The Bertz CT molecular complexity index is 450. The highest BCUT2D eigenvalue weighted by molar-refractivity contribution is 7.08. The molecule has 0 unspecified atom stereocenters. The summed E-state index contributed by atoms with van der Waals surface area (Å²) in [4.78, 5) is 11.5. The van der Waals surface area contributed by atoms with Crippen LogP contribution < -0.4 is 4.74 Å². The molecule has 2 aromatic rings. The van der Waals surface area contributed by atoms with Crippen LogP contribution in [0.3, 0.4) is 0 Å². The van der Waals surface area contributed by atoms with E-state index in [9.17, 15) is 9.90 Å². The fraction of sp³-hybridized carbons (Fsp3) is 0.0833. The number of ether oxygens (including phenoxy) is 1. The molecule has 0 bridgehead atoms. The van der Waals surface area contributed by atoms with Gasteiger partial charge in [0.05, 0.1) is 0 Å². The van der Waals surface area contributed by atoms with Crippen molar-refractivity contribution in [2.75, 3.05) is 0 Å². The van der Waals surface area contributed by atoms with E-state index in [1.807, 2.05) is 6.07 Å². The molecule has 0 aliphatic rings. The molecule has 0 aliphatic carbocycles. The van der Waals surface area contributed by atoms with Crippen LogP contribution in [0.25, 0.3) is 0 Å². The Hall–Kier alpha value is -1.65. The highest BCUT2D eigenvalue weighted by atomic mass is 32.1. The zero-order valence-electron chi connectivity index (χ0n) is 8.37. The van der Waals surface area contributed by atoms with Gasteiger partial charge in [0, 0.05) is 5.38 Å². The first kappa shape index (κ1) is 10.9. The Kier molecular flexibility index (Phi) is 3.34. The largest absolute Gasteiger partial charge is 0.423 e. The van der Waals surface area contributed by atoms with Crippen molar-refractivity contribution in [1.82, 2.24) is 0 Å². The van der Waals surface area contributed by atoms with Gasteiger partial charge in [-0.3, -0.25) is 0 Å². The van der Waals surface area contributed by atoms with Crippen molar-refractivity contribution in [2.24, 2.45) is 0 Å². The summed E-state index contributed by atoms with van der Waals surface area (Å²) in [7, 11) is 0. The predicted molar refractivity (Wildman–Crippen MR) is 61.4 cm³/mol. The highest BCUT2D eigenvalue weighted by Crippen LogP contribution is 2.19. The maximum atomic E-state index is 11.5. The van der Waals surface area contributed by atoms with E-state index >= 15 is 0 Å². The van der Waals surface area contributed by atoms with E-state index in [0.29, 0.717) is 11.3 Å². The molecule has 1 aromatic carbocycles. The smallest absolute Gasteiger partial charge is 0.345 e. The van der Waals surface area contributed by atoms with Crippen molar-refractivity contribution < 1.29 is 14.6 Å². The number of thiophene rings is 1. The number of aliphatic hydroxyl groups is 1. The van der Waals surface area contributed by atoms with Crippen LogP contribution in [-0.2, 0) is 4.79 Å². The second-order valence-corrected chi connectivity index (χ2v) is 3.97. The van der Waals surface area contributed by atoms with Gasteiger partial charge in [-0.2, -0.15) is 0 Å². The Morgan fingerprint density at radius 1 is 1.25 bits per heavy atom. The van der Waals surface area contributed by atoms with Crippen molar-refractivity contribution >= 4 is 17.3 Å². The van der Waals surface area contributed by atoms with E-state index in [2.05, 4.69) is 0 Å². The van der Waals surface area contributed by atoms with Crippen molar-refractivity contribution in [1.29, 1.82) is 0 Å². The molecule has 1 aromatic heterocycles. The van der Waals surface area contributed by atoms with Crippen molar-refractivity contribution in [3.63, 3.8) is 0 Å². The summed E-state index contributed by atoms with van der Waals surface area (Å²) in [6, 6.07) is 10.4. The van der Waals surface area contributed by atoms with Crippen LogP contribution in [0.2, 0.25) is 0 Å². The molecule has 0 saturated carbocycles. The fourth-order valence-electron chi connectivity index (χ4n) is 1.25. The van der Waals surface area contributed by atoms with Crippen molar-refractivity contribution in [2.45, 2.75) is 6.10 Å². The number of esters is 1. The summed E-state index contributed by atoms with van der Waals surface area (Å²) in [6.45, 7) is 0. The molecule has 0 radical (unpaired) electrons. The second kappa shape index (κ2) is 4.92. The molecule has 1 N–H and O–H groups in total. The third-order valence-corrected chi connectivity index (χ3v) is 2.71. The minimum Gasteiger partial charge on any atom is -0.423 e. The Morgan fingerprint density at radius 3 is 2.62 bits per heavy atom. The molecular weight excluding hydrogens is 224 g/mol. The zero-order chi connectivity index (χ0) is 11.4. The molecule has 1 atom stereocenters. The average molecular weight is 234 g/mol. The van der Waals surface area contributed by atoms with E-state index in [-0.39, 0.29) is 0 Å². The van der Waals surface area contributed by atoms with Gasteiger partial charge in [-0.15, -0.1) is 11.3 Å². The normalized spacial score (nSPS) is 12.1. The van der Waals surface area contributed by atoms with Gasteiger partial charge in [0.25, 0.3) is 0 Å². The highest BCUT2D eigenvalue weighted by Gasteiger charge is 2.19. The van der Waals surface area contributed by atoms with E-state index in [4.69, 9.17) is 4.74 Å². The monoisotopic (exact) mass is 234 g/mol. The van der Waals surface area contributed by atoms with Crippen LogP contribution >= 0.6 is 11.3 Å². The molecule has 82 valence electrons. The summed E-state index contributed by atoms with van der Waals surface area (Å²) >= 11 is 1.43. The molecule has 0 fully saturated rings. The number of aliphatic hydroxyl groups excluding tert-OH is 1. The number of rotatable bonds is 3. The average Bonchev–Trinajstić information content (AvgIpc) is 2.82. The van der Waals surface area contributed by atoms with Crippen LogP contribution in [0.1, 0.15) is 11.7 Å². The standard InChI is InChI=1S/C12H10O3S/c13-11(9-4-2-1-3-5-9)12(14)15-10-6-7-16-8-10/h1-8,11,13H/t11-/m1/s1. The van der Waals surface area contributed by atoms with Crippen LogP contribution in [0, 0.1) is 0 Å². The van der Waals surface area contributed by atoms with Gasteiger partial charge in [-0.1, -0.05) is 30.3 Å². The molecule has 0 amide bonds. The van der Waals surface area contributed by atoms with Crippen LogP contribution in [0.5, 0.6) is 5.75 Å². The van der Waals surface area contributed by atoms with Crippen molar-refractivity contribution in [3.05, 3.63) is 52.7 Å². The quantitative estimate of drug-likeness (QED) is 0.829. The van der Waals surface area contributed by atoms with E-state index in [1.165, 1.54) is 11.3 Å². The van der Waals surface area contributed by atoms with Crippen LogP contribution in [-0.4, -0.2) is 11.1 Å².